The minimum Gasteiger partial charge on any atom is -0.468 e. The molecule has 0 aromatic heterocycles. The van der Waals surface area contributed by atoms with Crippen molar-refractivity contribution in [1.82, 2.24) is 9.80 Å². The van der Waals surface area contributed by atoms with Gasteiger partial charge in [-0.2, -0.15) is 0 Å². The Morgan fingerprint density at radius 2 is 2.04 bits per heavy atom. The number of ether oxygens (including phenoxy) is 1. The van der Waals surface area contributed by atoms with Crippen molar-refractivity contribution in [2.45, 2.75) is 32.4 Å². The second-order valence-corrected chi connectivity index (χ2v) is 6.82. The van der Waals surface area contributed by atoms with Crippen LogP contribution in [-0.2, 0) is 14.3 Å². The number of rotatable bonds is 6. The Hall–Kier alpha value is -2.21. The van der Waals surface area contributed by atoms with E-state index < -0.39 is 24.0 Å². The van der Waals surface area contributed by atoms with Gasteiger partial charge in [0, 0.05) is 24.7 Å². The minimum absolute atomic E-state index is 0.0954. The summed E-state index contributed by atoms with van der Waals surface area (Å²) in [5.74, 6) is -1.41. The SMILES string of the molecule is C=C(C)CN(CC)C(=O)[C@H]1C[C@@H](C(=O)OC)N(C)[C@H]1c1ccccc1F. The third-order valence-corrected chi connectivity index (χ3v) is 4.96. The number of likely N-dealkylation sites (tertiary alicyclic amines) is 1. The van der Waals surface area contributed by atoms with Crippen LogP contribution in [0, 0.1) is 11.7 Å². The quantitative estimate of drug-likeness (QED) is 0.577. The molecular formula is C20H27FN2O3. The molecule has 6 heteroatoms. The van der Waals surface area contributed by atoms with Crippen molar-refractivity contribution < 1.29 is 18.7 Å². The summed E-state index contributed by atoms with van der Waals surface area (Å²) in [5.41, 5.74) is 1.30. The standard InChI is InChI=1S/C20H27FN2O3/c1-6-23(12-13(2)3)19(24)15-11-17(20(25)26-5)22(4)18(15)14-9-7-8-10-16(14)21/h7-10,15,17-18H,2,6,11-12H2,1,3-5H3/t15-,17-,18-/m0/s1. The van der Waals surface area contributed by atoms with Gasteiger partial charge in [-0.15, -0.1) is 0 Å². The molecule has 0 bridgehead atoms. The van der Waals surface area contributed by atoms with Crippen molar-refractivity contribution in [2.24, 2.45) is 5.92 Å². The highest BCUT2D eigenvalue weighted by molar-refractivity contribution is 5.84. The molecule has 0 radical (unpaired) electrons. The Bertz CT molecular complexity index is 691. The highest BCUT2D eigenvalue weighted by atomic mass is 19.1. The molecule has 142 valence electrons. The summed E-state index contributed by atoms with van der Waals surface area (Å²) in [4.78, 5) is 28.8. The Morgan fingerprint density at radius 1 is 1.38 bits per heavy atom. The number of likely N-dealkylation sites (N-methyl/N-ethyl adjacent to an activating group) is 2. The predicted octanol–water partition coefficient (Wildman–Crippen LogP) is 2.78. The van der Waals surface area contributed by atoms with Gasteiger partial charge in [-0.3, -0.25) is 14.5 Å². The fraction of sp³-hybridized carbons (Fsp3) is 0.500. The van der Waals surface area contributed by atoms with E-state index in [0.29, 0.717) is 25.1 Å². The summed E-state index contributed by atoms with van der Waals surface area (Å²) >= 11 is 0. The summed E-state index contributed by atoms with van der Waals surface area (Å²) < 4.78 is 19.4. The number of hydrogen-bond acceptors (Lipinski definition) is 4. The van der Waals surface area contributed by atoms with E-state index in [4.69, 9.17) is 4.74 Å². The highest BCUT2D eigenvalue weighted by Crippen LogP contribution is 2.42. The average Bonchev–Trinajstić information content (AvgIpc) is 2.95. The minimum atomic E-state index is -0.581. The van der Waals surface area contributed by atoms with E-state index in [9.17, 15) is 14.0 Å². The van der Waals surface area contributed by atoms with E-state index in [1.165, 1.54) is 13.2 Å². The predicted molar refractivity (Wildman–Crippen MR) is 97.9 cm³/mol. The number of amides is 1. The van der Waals surface area contributed by atoms with Gasteiger partial charge in [0.2, 0.25) is 5.91 Å². The van der Waals surface area contributed by atoms with Crippen LogP contribution in [0.3, 0.4) is 0 Å². The summed E-state index contributed by atoms with van der Waals surface area (Å²) in [6.45, 7) is 8.61. The fourth-order valence-electron chi connectivity index (χ4n) is 3.70. The molecule has 1 amide bonds. The van der Waals surface area contributed by atoms with Crippen LogP contribution in [0.5, 0.6) is 0 Å². The van der Waals surface area contributed by atoms with Crippen molar-refractivity contribution in [3.05, 3.63) is 47.8 Å². The van der Waals surface area contributed by atoms with Crippen molar-refractivity contribution >= 4 is 11.9 Å². The lowest BCUT2D eigenvalue weighted by atomic mass is 9.91. The first-order valence-electron chi connectivity index (χ1n) is 8.79. The van der Waals surface area contributed by atoms with Crippen LogP contribution in [0.15, 0.2) is 36.4 Å². The molecule has 3 atom stereocenters. The van der Waals surface area contributed by atoms with E-state index in [0.717, 1.165) is 5.57 Å². The van der Waals surface area contributed by atoms with Gasteiger partial charge >= 0.3 is 5.97 Å². The Labute approximate surface area is 154 Å². The van der Waals surface area contributed by atoms with E-state index in [-0.39, 0.29) is 11.7 Å². The second-order valence-electron chi connectivity index (χ2n) is 6.82. The number of carbonyl (C=O) groups excluding carboxylic acids is 2. The van der Waals surface area contributed by atoms with Gasteiger partial charge in [0.05, 0.1) is 13.0 Å². The molecule has 1 heterocycles. The molecule has 0 aliphatic carbocycles. The topological polar surface area (TPSA) is 49.9 Å². The van der Waals surface area contributed by atoms with E-state index in [2.05, 4.69) is 6.58 Å². The zero-order valence-corrected chi connectivity index (χ0v) is 15.9. The molecule has 1 saturated heterocycles. The Morgan fingerprint density at radius 3 is 2.58 bits per heavy atom. The second kappa shape index (κ2) is 8.45. The van der Waals surface area contributed by atoms with Gasteiger partial charge < -0.3 is 9.64 Å². The maximum absolute atomic E-state index is 14.5. The van der Waals surface area contributed by atoms with Crippen molar-refractivity contribution in [1.29, 1.82) is 0 Å². The lowest BCUT2D eigenvalue weighted by Gasteiger charge is -2.30. The first-order chi connectivity index (χ1) is 12.3. The van der Waals surface area contributed by atoms with Crippen LogP contribution in [-0.4, -0.2) is 55.0 Å². The molecule has 0 spiro atoms. The molecule has 26 heavy (non-hydrogen) atoms. The van der Waals surface area contributed by atoms with E-state index in [1.807, 2.05) is 13.8 Å². The number of methoxy groups -OCH3 is 1. The van der Waals surface area contributed by atoms with Gasteiger partial charge in [0.25, 0.3) is 0 Å². The van der Waals surface area contributed by atoms with Crippen LogP contribution in [0.4, 0.5) is 4.39 Å². The molecule has 1 aromatic carbocycles. The number of nitrogens with zero attached hydrogens (tertiary/aromatic N) is 2. The lowest BCUT2D eigenvalue weighted by molar-refractivity contribution is -0.145. The van der Waals surface area contributed by atoms with Crippen molar-refractivity contribution in [2.75, 3.05) is 27.2 Å². The molecule has 1 aliphatic rings. The van der Waals surface area contributed by atoms with Gasteiger partial charge in [0.1, 0.15) is 11.9 Å². The molecule has 1 fully saturated rings. The number of esters is 1. The van der Waals surface area contributed by atoms with Crippen LogP contribution >= 0.6 is 0 Å². The number of hydrogen-bond donors (Lipinski definition) is 0. The molecule has 2 rings (SSSR count). The Balaban J connectivity index is 2.42. The summed E-state index contributed by atoms with van der Waals surface area (Å²) in [7, 11) is 3.06. The largest absolute Gasteiger partial charge is 0.468 e. The van der Waals surface area contributed by atoms with Crippen LogP contribution in [0.2, 0.25) is 0 Å². The smallest absolute Gasteiger partial charge is 0.323 e. The number of halogens is 1. The van der Waals surface area contributed by atoms with Crippen molar-refractivity contribution in [3.8, 4) is 0 Å². The highest BCUT2D eigenvalue weighted by Gasteiger charge is 2.48. The van der Waals surface area contributed by atoms with Gasteiger partial charge in [-0.05, 0) is 33.4 Å². The summed E-state index contributed by atoms with van der Waals surface area (Å²) in [5, 5.41) is 0. The zero-order chi connectivity index (χ0) is 19.4. The summed E-state index contributed by atoms with van der Waals surface area (Å²) in [6.07, 6.45) is 0.299. The number of benzene rings is 1. The first kappa shape index (κ1) is 20.1. The third-order valence-electron chi connectivity index (χ3n) is 4.96. The molecule has 1 aliphatic heterocycles. The molecule has 1 aromatic rings. The Kier molecular flexibility index (Phi) is 6.53. The summed E-state index contributed by atoms with van der Waals surface area (Å²) in [6, 6.07) is 5.30. The van der Waals surface area contributed by atoms with Crippen LogP contribution in [0.25, 0.3) is 0 Å². The lowest BCUT2D eigenvalue weighted by Crippen LogP contribution is -2.39. The van der Waals surface area contributed by atoms with Crippen LogP contribution in [0.1, 0.15) is 31.9 Å². The average molecular weight is 362 g/mol. The van der Waals surface area contributed by atoms with Crippen LogP contribution < -0.4 is 0 Å². The zero-order valence-electron chi connectivity index (χ0n) is 15.9. The molecule has 0 unspecified atom stereocenters. The number of carbonyl (C=O) groups is 2. The maximum atomic E-state index is 14.5. The normalized spacial score (nSPS) is 22.9. The van der Waals surface area contributed by atoms with Gasteiger partial charge in [0.15, 0.2) is 0 Å². The first-order valence-corrected chi connectivity index (χ1v) is 8.79. The molecule has 0 saturated carbocycles. The third kappa shape index (κ3) is 3.96. The molecule has 0 N–H and O–H groups in total. The molecular weight excluding hydrogens is 335 g/mol. The monoisotopic (exact) mass is 362 g/mol. The van der Waals surface area contributed by atoms with Gasteiger partial charge in [-0.25, -0.2) is 4.39 Å². The van der Waals surface area contributed by atoms with E-state index >= 15 is 0 Å². The van der Waals surface area contributed by atoms with Crippen molar-refractivity contribution in [3.63, 3.8) is 0 Å². The molecule has 5 nitrogen and oxygen atoms in total. The fourth-order valence-corrected chi connectivity index (χ4v) is 3.70. The van der Waals surface area contributed by atoms with Gasteiger partial charge in [-0.1, -0.05) is 30.4 Å². The van der Waals surface area contributed by atoms with E-state index in [1.54, 1.807) is 35.0 Å². The maximum Gasteiger partial charge on any atom is 0.323 e.